The first-order valence-corrected chi connectivity index (χ1v) is 43.8. The van der Waals surface area contributed by atoms with Crippen LogP contribution in [0, 0.1) is 28.3 Å². The Hall–Kier alpha value is -15.9. The first-order valence-electron chi connectivity index (χ1n) is 41.0. The van der Waals surface area contributed by atoms with Gasteiger partial charge in [0.15, 0.2) is 39.3 Å². The molecule has 2 aliphatic heterocycles. The number of nitrogens with two attached hydrogens (primary N) is 1. The zero-order chi connectivity index (χ0) is 108. The molecular formula is C76H129FN42O18S4. The molecule has 4 amide bonds. The number of rotatable bonds is 20. The number of amides is 4. The van der Waals surface area contributed by atoms with Gasteiger partial charge in [0, 0.05) is 219 Å². The quantitative estimate of drug-likeness (QED) is 0.0286. The molecule has 0 aromatic carbocycles. The number of likely N-dealkylation sites (N-methyl/N-ethyl adjacent to an activating group) is 3. The van der Waals surface area contributed by atoms with Gasteiger partial charge in [0.1, 0.15) is 22.5 Å². The molecule has 1 saturated heterocycles. The van der Waals surface area contributed by atoms with Crippen LogP contribution in [0.2, 0.25) is 0 Å². The number of imide groups is 2. The molecule has 1 aliphatic carbocycles. The number of carbonyl (C=O) groups is 6. The molecule has 13 heterocycles. The number of hydrogen-bond donors (Lipinski definition) is 17. The molecule has 11 aromatic rings. The standard InChI is InChI=1S/C11H15NO3.C9H14N2O3.C8H14N2O2S.2C5H8N2O2.C5H8N2OS.C4H7FN4.C4H9N5.C4H8N4S.3C4H8N4.C4H7N3O2.C4H7N3OS.CO2/c1-7(2)6-12(3)9-4-8(13)5-10(14)11(9)15;1-5(2)4-11(3)6-7(12)9(14)10-8(6)13;1-5(2)4-10(3)7-6(11)9-8(12)13-7;1-7(2)5-3-4(8)6-9-5;1-7(2)4-3-5(8)9-6-4;1-7(2)5-3-4(8)6-9-5;1-9(2)4-3(5)6-8-7-4;1-9(2)4-6-3(5)7-8-4;1-8(2)3-4(9)6-7-5-3;1-8(2)4-5-3-6-7-4;2*1-8(2)4-3-5-7-6-4;1-7(2)3-5-4(8)9-6-3;1-7(2)3-4(8)6-9-5-3;2-1-3/h4-5,7,14H,6H2,1-3H3;5H,4H2,1-3H3,(H2,10,12,13,14);5,7H,4H2,1-3H3,(H,9,11,12);3H,1-2H3,(H,6,8);3,6H,1-2H3;3H,1-2H3,(H,6,8);1-2H3,(H,6,7,8);1-2H3,(H3,5,6,7,8);1-2H3,(H2,5,6,7,9);3*3H,1-2H3,(H,5,6,7);1-2H3,(H,5,6,8);1-2H3,(H,6,8);. The molecule has 782 valence electrons. The lowest BCUT2D eigenvalue weighted by Crippen LogP contribution is -2.38. The predicted octanol–water partition coefficient (Wildman–Crippen LogP) is 0.856. The Morgan fingerprint density at radius 1 is 0.553 bits per heavy atom. The average Bonchev–Trinajstić information content (AvgIpc) is 1.69. The maximum Gasteiger partial charge on any atom is 0.440 e. The van der Waals surface area contributed by atoms with Crippen LogP contribution in [0.25, 0.3) is 0 Å². The van der Waals surface area contributed by atoms with E-state index in [1.807, 2.05) is 168 Å². The molecule has 65 heteroatoms. The molecule has 0 saturated carbocycles. The number of allylic oxidation sites excluding steroid dienone is 2. The number of nitrogen functional groups attached to an aromatic ring is 1. The van der Waals surface area contributed by atoms with E-state index in [1.54, 1.807) is 128 Å². The zero-order valence-corrected chi connectivity index (χ0v) is 87.4. The third kappa shape index (κ3) is 50.1. The summed E-state index contributed by atoms with van der Waals surface area (Å²) in [7, 11) is 45.7. The zero-order valence-electron chi connectivity index (χ0n) is 84.1. The van der Waals surface area contributed by atoms with Crippen molar-refractivity contribution >= 4 is 158 Å². The van der Waals surface area contributed by atoms with Crippen LogP contribution >= 0.6 is 47.2 Å². The molecule has 14 rings (SSSR count). The maximum absolute atomic E-state index is 12.4. The number of H-pyrrole nitrogens is 12. The molecule has 1 atom stereocenters. The molecule has 141 heavy (non-hydrogen) atoms. The van der Waals surface area contributed by atoms with E-state index in [4.69, 9.17) is 32.1 Å². The number of aliphatic hydroxyl groups is 2. The number of hydrogen-bond acceptors (Lipinski definition) is 50. The van der Waals surface area contributed by atoms with Gasteiger partial charge in [-0.3, -0.25) is 82.0 Å². The number of aromatic nitrogens is 25. The fraction of sp³-hybridized carbons (Fsp3) is 0.500. The number of aliphatic hydroxyl groups excluding tert-OH is 2. The Labute approximate surface area is 825 Å². The monoisotopic (exact) mass is 2060 g/mol. The van der Waals surface area contributed by atoms with Crippen molar-refractivity contribution in [3.63, 3.8) is 0 Å². The number of Topliss-reactive ketones (excluding diaryl/α,β-unsaturated/α-hetero) is 1. The minimum absolute atomic E-state index is 0.0244. The van der Waals surface area contributed by atoms with Crippen molar-refractivity contribution in [2.75, 3.05) is 255 Å². The van der Waals surface area contributed by atoms with Gasteiger partial charge in [-0.25, -0.2) is 30.2 Å². The summed E-state index contributed by atoms with van der Waals surface area (Å²) in [4.78, 5) is 170. The normalized spacial score (nSPS) is 12.0. The lowest BCUT2D eigenvalue weighted by molar-refractivity contribution is -0.191. The second-order valence-electron chi connectivity index (χ2n) is 31.8. The van der Waals surface area contributed by atoms with Crippen LogP contribution in [0.15, 0.2) is 110 Å². The SMILES string of the molecule is CC(C)CN(C)C1=C(O)C(=O)NC1=O.CC(C)CN(C)C1=CC(=O)C=C(O)C1=O.CC(C)CN(C)C1SC(=O)NC1=O.CN(C)c1cc(=O)[nH]o1.CN(C)c1cc(=O)[nH]s1.CN(C)c1cc(=O)o[nH]1.CN(C)c1cn[nH]n1.CN(C)c1cn[nH]n1.CN(C)c1n[nH][nH]c1=S.CN(C)c1n[nH]c(N)n1.CN(C)c1n[nH]nc1F.CN(C)c1ncn[nH]1.CN(C)c1noc(=O)[nH]1.CN(C)c1ns[nH]c1=O.O=C=O. The van der Waals surface area contributed by atoms with Crippen molar-refractivity contribution in [1.82, 2.24) is 151 Å². The Morgan fingerprint density at radius 2 is 1.11 bits per heavy atom. The van der Waals surface area contributed by atoms with Crippen molar-refractivity contribution in [2.45, 2.75) is 46.9 Å². The highest BCUT2D eigenvalue weighted by molar-refractivity contribution is 8.15. The van der Waals surface area contributed by atoms with E-state index in [0.29, 0.717) is 70.8 Å². The number of nitrogens with one attached hydrogen (secondary N) is 14. The van der Waals surface area contributed by atoms with Crippen LogP contribution in [0.3, 0.4) is 0 Å². The number of anilines is 12. The number of aromatic amines is 12. The minimum Gasteiger partial charge on any atom is -0.504 e. The summed E-state index contributed by atoms with van der Waals surface area (Å²) in [6.07, 6.45) is 7.26. The average molecular weight is 2070 g/mol. The third-order valence-corrected chi connectivity index (χ3v) is 18.6. The van der Waals surface area contributed by atoms with E-state index in [9.17, 15) is 67.3 Å². The third-order valence-electron chi connectivity index (χ3n) is 15.7. The van der Waals surface area contributed by atoms with Crippen LogP contribution in [0.4, 0.5) is 78.8 Å². The summed E-state index contributed by atoms with van der Waals surface area (Å²) in [5.74, 6) is 3.44. The Kier molecular flexibility index (Phi) is 57.6. The first kappa shape index (κ1) is 125. The van der Waals surface area contributed by atoms with E-state index in [2.05, 4.69) is 154 Å². The van der Waals surface area contributed by atoms with E-state index in [-0.39, 0.29) is 68.0 Å². The van der Waals surface area contributed by atoms with Crippen molar-refractivity contribution in [1.29, 1.82) is 0 Å². The second kappa shape index (κ2) is 65.0. The van der Waals surface area contributed by atoms with Crippen LogP contribution in [0.1, 0.15) is 41.5 Å². The number of thioether (sulfide) groups is 1. The second-order valence-corrected chi connectivity index (χ2v) is 34.6. The number of halogens is 1. The lowest BCUT2D eigenvalue weighted by Gasteiger charge is -2.24. The molecule has 11 aromatic heterocycles. The maximum atomic E-state index is 12.4. The summed E-state index contributed by atoms with van der Waals surface area (Å²) in [6.45, 7) is 14.3. The van der Waals surface area contributed by atoms with Gasteiger partial charge >= 0.3 is 23.1 Å². The highest BCUT2D eigenvalue weighted by Crippen LogP contribution is 2.23. The molecular weight excluding hydrogens is 1940 g/mol. The number of nitrogens with zero attached hydrogens (tertiary/aromatic N) is 27. The molecule has 0 spiro atoms. The highest BCUT2D eigenvalue weighted by Gasteiger charge is 2.35. The topological polar surface area (TPSA) is 754 Å². The lowest BCUT2D eigenvalue weighted by atomic mass is 10.1. The largest absolute Gasteiger partial charge is 0.504 e. The van der Waals surface area contributed by atoms with Gasteiger partial charge in [0.2, 0.25) is 52.9 Å². The first-order chi connectivity index (χ1) is 65.8. The Morgan fingerprint density at radius 3 is 1.38 bits per heavy atom. The fourth-order valence-corrected chi connectivity index (χ4v) is 11.6. The van der Waals surface area contributed by atoms with Gasteiger partial charge in [0.25, 0.3) is 40.0 Å². The van der Waals surface area contributed by atoms with Gasteiger partial charge in [0.05, 0.1) is 30.2 Å². The summed E-state index contributed by atoms with van der Waals surface area (Å²) < 4.78 is 35.2. The van der Waals surface area contributed by atoms with Crippen molar-refractivity contribution < 1.29 is 66.5 Å². The van der Waals surface area contributed by atoms with Crippen molar-refractivity contribution in [3.05, 3.63) is 135 Å². The van der Waals surface area contributed by atoms with Crippen LogP contribution in [-0.4, -0.2) is 392 Å². The van der Waals surface area contributed by atoms with E-state index < -0.39 is 40.8 Å². The Bertz CT molecular complexity index is 5550. The predicted molar refractivity (Wildman–Crippen MR) is 535 cm³/mol. The van der Waals surface area contributed by atoms with Gasteiger partial charge in [-0.05, 0) is 53.3 Å². The van der Waals surface area contributed by atoms with Gasteiger partial charge in [-0.1, -0.05) is 53.8 Å². The summed E-state index contributed by atoms with van der Waals surface area (Å²) >= 11 is 8.33. The Balaban J connectivity index is 0.00000150. The molecule has 0 radical (unpaired) electrons. The number of carbonyl (C=O) groups excluding carboxylic acids is 8. The molecule has 1 unspecified atom stereocenters. The molecule has 3 aliphatic rings. The van der Waals surface area contributed by atoms with Crippen LogP contribution in [-0.2, 0) is 33.6 Å². The van der Waals surface area contributed by atoms with Gasteiger partial charge < -0.3 is 88.7 Å². The van der Waals surface area contributed by atoms with Gasteiger partial charge in [-0.2, -0.15) is 64.4 Å². The van der Waals surface area contributed by atoms with Crippen molar-refractivity contribution in [2.24, 2.45) is 17.8 Å². The molecule has 60 nitrogen and oxygen atoms in total. The van der Waals surface area contributed by atoms with E-state index >= 15 is 0 Å². The molecule has 1 fully saturated rings. The van der Waals surface area contributed by atoms with E-state index in [0.717, 1.165) is 64.5 Å². The van der Waals surface area contributed by atoms with Crippen LogP contribution in [0.5, 0.6) is 0 Å². The fourth-order valence-electron chi connectivity index (χ4n) is 9.36. The smallest absolute Gasteiger partial charge is 0.440 e. The summed E-state index contributed by atoms with van der Waals surface area (Å²) in [5.41, 5.74) is 4.87. The van der Waals surface area contributed by atoms with Gasteiger partial charge in [-0.15, -0.1) is 30.6 Å². The van der Waals surface area contributed by atoms with E-state index in [1.165, 1.54) is 36.1 Å². The minimum atomic E-state index is -0.722. The highest BCUT2D eigenvalue weighted by atomic mass is 32.2. The van der Waals surface area contributed by atoms with Crippen LogP contribution < -0.4 is 98.3 Å². The number of ketones is 2. The summed E-state index contributed by atoms with van der Waals surface area (Å²) in [5, 5.41) is 81.8. The van der Waals surface area contributed by atoms with Crippen molar-refractivity contribution in [3.8, 4) is 0 Å². The molecule has 18 N–H and O–H groups in total. The summed E-state index contributed by atoms with van der Waals surface area (Å²) in [6, 6.07) is 4.35. The molecule has 0 bridgehead atoms.